The van der Waals surface area contributed by atoms with Crippen molar-refractivity contribution in [2.45, 2.75) is 30.6 Å². The Morgan fingerprint density at radius 3 is 2.66 bits per heavy atom. The molecule has 0 radical (unpaired) electrons. The fourth-order valence-corrected chi connectivity index (χ4v) is 6.74. The van der Waals surface area contributed by atoms with E-state index in [0.717, 1.165) is 36.2 Å². The molecule has 196 valence electrons. The molecule has 1 aliphatic heterocycles. The van der Waals surface area contributed by atoms with Crippen LogP contribution in [0.25, 0.3) is 0 Å². The zero-order valence-electron chi connectivity index (χ0n) is 21.4. The van der Waals surface area contributed by atoms with Crippen LogP contribution in [0.3, 0.4) is 0 Å². The van der Waals surface area contributed by atoms with Crippen molar-refractivity contribution in [2.75, 3.05) is 31.4 Å². The minimum atomic E-state index is -3.73. The van der Waals surface area contributed by atoms with Gasteiger partial charge in [-0.1, -0.05) is 36.3 Å². The van der Waals surface area contributed by atoms with Crippen LogP contribution < -0.4 is 4.90 Å². The van der Waals surface area contributed by atoms with E-state index in [1.54, 1.807) is 48.7 Å². The number of sulfone groups is 1. The van der Waals surface area contributed by atoms with E-state index in [1.165, 1.54) is 11.1 Å². The van der Waals surface area contributed by atoms with Gasteiger partial charge in [0.15, 0.2) is 15.1 Å². The van der Waals surface area contributed by atoms with Crippen LogP contribution in [0, 0.1) is 17.6 Å². The SMILES string of the molecule is C#CCN(c1ccc(C(=O)C(c2ccccc2)S(C)(=O)=O)nc1)C1C=C2C(=CN(C)CN2[O-])C2=C1CCC2. The molecular weight excluding hydrogens is 500 g/mol. The van der Waals surface area contributed by atoms with Gasteiger partial charge in [-0.05, 0) is 54.2 Å². The Morgan fingerprint density at radius 2 is 2.00 bits per heavy atom. The molecule has 9 heteroatoms. The molecule has 2 aromatic rings. The van der Waals surface area contributed by atoms with Gasteiger partial charge in [0.1, 0.15) is 5.69 Å². The van der Waals surface area contributed by atoms with E-state index >= 15 is 0 Å². The van der Waals surface area contributed by atoms with Gasteiger partial charge in [-0.3, -0.25) is 9.78 Å². The number of hydrogen-bond donors (Lipinski definition) is 0. The van der Waals surface area contributed by atoms with E-state index in [1.807, 2.05) is 29.1 Å². The Morgan fingerprint density at radius 1 is 1.24 bits per heavy atom. The molecule has 2 aliphatic carbocycles. The molecule has 0 amide bonds. The van der Waals surface area contributed by atoms with E-state index in [4.69, 9.17) is 6.42 Å². The molecule has 38 heavy (non-hydrogen) atoms. The number of pyridine rings is 1. The summed E-state index contributed by atoms with van der Waals surface area (Å²) in [4.78, 5) is 21.6. The maximum atomic E-state index is 13.3. The number of benzene rings is 1. The average molecular weight is 530 g/mol. The normalized spacial score (nSPS) is 19.7. The van der Waals surface area contributed by atoms with Crippen molar-refractivity contribution in [1.82, 2.24) is 14.9 Å². The van der Waals surface area contributed by atoms with Crippen molar-refractivity contribution in [2.24, 2.45) is 0 Å². The van der Waals surface area contributed by atoms with Crippen LogP contribution in [0.5, 0.6) is 0 Å². The number of carbonyl (C=O) groups excluding carboxylic acids is 1. The lowest BCUT2D eigenvalue weighted by Gasteiger charge is -2.46. The summed E-state index contributed by atoms with van der Waals surface area (Å²) >= 11 is 0. The maximum Gasteiger partial charge on any atom is 0.203 e. The van der Waals surface area contributed by atoms with Crippen LogP contribution in [0.15, 0.2) is 83.4 Å². The van der Waals surface area contributed by atoms with Crippen LogP contribution in [0.1, 0.15) is 40.6 Å². The zero-order chi connectivity index (χ0) is 27.0. The third kappa shape index (κ3) is 4.73. The zero-order valence-corrected chi connectivity index (χ0v) is 22.2. The second-order valence-electron chi connectivity index (χ2n) is 9.89. The molecule has 5 rings (SSSR count). The molecule has 1 aromatic heterocycles. The summed E-state index contributed by atoms with van der Waals surface area (Å²) in [6, 6.07) is 11.5. The number of rotatable bonds is 7. The summed E-state index contributed by atoms with van der Waals surface area (Å²) in [5.41, 5.74) is 5.20. The van der Waals surface area contributed by atoms with E-state index in [0.29, 0.717) is 16.9 Å². The van der Waals surface area contributed by atoms with Crippen molar-refractivity contribution in [3.63, 3.8) is 0 Å². The molecule has 0 saturated carbocycles. The third-order valence-electron chi connectivity index (χ3n) is 7.20. The van der Waals surface area contributed by atoms with E-state index < -0.39 is 20.9 Å². The van der Waals surface area contributed by atoms with Crippen molar-refractivity contribution in [3.05, 3.63) is 99.8 Å². The number of hydrogen-bond acceptors (Lipinski definition) is 8. The first-order chi connectivity index (χ1) is 18.2. The Balaban J connectivity index is 1.49. The number of hydroxylamine groups is 2. The van der Waals surface area contributed by atoms with Crippen LogP contribution >= 0.6 is 0 Å². The molecular formula is C29H29N4O4S-. The fourth-order valence-electron chi connectivity index (χ4n) is 5.58. The number of anilines is 1. The smallest absolute Gasteiger partial charge is 0.203 e. The van der Waals surface area contributed by atoms with Gasteiger partial charge in [-0.25, -0.2) is 8.42 Å². The highest BCUT2D eigenvalue weighted by molar-refractivity contribution is 7.91. The predicted octanol–water partition coefficient (Wildman–Crippen LogP) is 3.82. The van der Waals surface area contributed by atoms with Crippen molar-refractivity contribution >= 4 is 21.3 Å². The van der Waals surface area contributed by atoms with Crippen LogP contribution in [-0.2, 0) is 9.84 Å². The molecule has 2 heterocycles. The van der Waals surface area contributed by atoms with Gasteiger partial charge in [-0.2, -0.15) is 0 Å². The van der Waals surface area contributed by atoms with Crippen LogP contribution in [-0.4, -0.2) is 61.7 Å². The van der Waals surface area contributed by atoms with Gasteiger partial charge in [0.25, 0.3) is 0 Å². The molecule has 0 saturated heterocycles. The van der Waals surface area contributed by atoms with Gasteiger partial charge < -0.3 is 20.1 Å². The molecule has 0 bridgehead atoms. The Kier molecular flexibility index (Phi) is 6.86. The molecule has 0 N–H and O–H groups in total. The number of terminal acetylenes is 1. The first-order valence-corrected chi connectivity index (χ1v) is 14.4. The van der Waals surface area contributed by atoms with Gasteiger partial charge in [-0.15, -0.1) is 6.42 Å². The number of carbonyl (C=O) groups is 1. The summed E-state index contributed by atoms with van der Waals surface area (Å²) in [7, 11) is -1.84. The van der Waals surface area contributed by atoms with E-state index in [2.05, 4.69) is 10.9 Å². The topological polar surface area (TPSA) is 96.9 Å². The average Bonchev–Trinajstić information content (AvgIpc) is 3.38. The summed E-state index contributed by atoms with van der Waals surface area (Å²) in [5, 5.41) is 12.5. The molecule has 0 fully saturated rings. The van der Waals surface area contributed by atoms with Gasteiger partial charge in [0.05, 0.1) is 31.1 Å². The Hall–Kier alpha value is -3.87. The predicted molar refractivity (Wildman–Crippen MR) is 147 cm³/mol. The number of nitrogens with zero attached hydrogens (tertiary/aromatic N) is 4. The highest BCUT2D eigenvalue weighted by Crippen LogP contribution is 2.44. The number of Topliss-reactive ketones (excluding diaryl/α,β-unsaturated/α-hetero) is 1. The van der Waals surface area contributed by atoms with Gasteiger partial charge in [0, 0.05) is 30.8 Å². The van der Waals surface area contributed by atoms with Gasteiger partial charge >= 0.3 is 0 Å². The Bertz CT molecular complexity index is 1490. The number of aromatic nitrogens is 1. The summed E-state index contributed by atoms with van der Waals surface area (Å²) in [5.74, 6) is 2.13. The van der Waals surface area contributed by atoms with Crippen LogP contribution in [0.4, 0.5) is 5.69 Å². The third-order valence-corrected chi connectivity index (χ3v) is 8.54. The Labute approximate surface area is 223 Å². The number of allylic oxidation sites excluding steroid dienone is 1. The first kappa shape index (κ1) is 25.8. The standard InChI is InChI=1S/C29H29N4O4S/c1-4-15-32(26-16-27-24(18-31(2)19-33(27)35)22-11-8-12-23(22)26)21-13-14-25(30-17-21)28(34)29(38(3,36)37)20-9-6-5-7-10-20/h1,5-7,9-10,13-14,16-18,26,29H,8,11-12,15,19H2,2-3H3/q-1. The lowest BCUT2D eigenvalue weighted by atomic mass is 9.87. The molecule has 1 aromatic carbocycles. The van der Waals surface area contributed by atoms with Crippen molar-refractivity contribution in [3.8, 4) is 12.3 Å². The minimum absolute atomic E-state index is 0.0581. The lowest BCUT2D eigenvalue weighted by Crippen LogP contribution is -2.41. The molecule has 3 aliphatic rings. The van der Waals surface area contributed by atoms with Gasteiger partial charge in [0.2, 0.25) is 5.78 Å². The monoisotopic (exact) mass is 529 g/mol. The minimum Gasteiger partial charge on any atom is -0.757 e. The lowest BCUT2D eigenvalue weighted by molar-refractivity contribution is 0.0982. The highest BCUT2D eigenvalue weighted by atomic mass is 32.2. The van der Waals surface area contributed by atoms with Crippen LogP contribution in [0.2, 0.25) is 0 Å². The largest absolute Gasteiger partial charge is 0.757 e. The van der Waals surface area contributed by atoms with E-state index in [-0.39, 0.29) is 24.9 Å². The number of fused-ring (bicyclic) bond motifs is 2. The van der Waals surface area contributed by atoms with E-state index in [9.17, 15) is 18.4 Å². The molecule has 2 unspecified atom stereocenters. The van der Waals surface area contributed by atoms with Crippen molar-refractivity contribution in [1.29, 1.82) is 0 Å². The maximum absolute atomic E-state index is 13.3. The first-order valence-electron chi connectivity index (χ1n) is 12.4. The summed E-state index contributed by atoms with van der Waals surface area (Å²) in [6.45, 7) is 0.523. The summed E-state index contributed by atoms with van der Waals surface area (Å²) < 4.78 is 25.1. The molecule has 2 atom stereocenters. The second-order valence-corrected chi connectivity index (χ2v) is 12.0. The highest BCUT2D eigenvalue weighted by Gasteiger charge is 2.36. The molecule has 0 spiro atoms. The second kappa shape index (κ2) is 10.1. The van der Waals surface area contributed by atoms with Crippen molar-refractivity contribution < 1.29 is 13.2 Å². The fraction of sp³-hybridized carbons (Fsp3) is 0.310. The quantitative estimate of drug-likeness (QED) is 0.395. The number of ketones is 1. The molecule has 8 nitrogen and oxygen atoms in total. The summed E-state index contributed by atoms with van der Waals surface area (Å²) in [6.07, 6.45) is 15.2.